The van der Waals surface area contributed by atoms with Crippen LogP contribution < -0.4 is 10.6 Å². The molecular formula is C21H24ClN5. The lowest BCUT2D eigenvalue weighted by Gasteiger charge is -2.36. The summed E-state index contributed by atoms with van der Waals surface area (Å²) in [5.41, 5.74) is 10.1. The summed E-state index contributed by atoms with van der Waals surface area (Å²) in [6, 6.07) is 13.0. The van der Waals surface area contributed by atoms with Crippen LogP contribution in [0.2, 0.25) is 5.15 Å². The first kappa shape index (κ1) is 18.2. The minimum atomic E-state index is 0.271. The lowest BCUT2D eigenvalue weighted by Crippen LogP contribution is -2.41. The highest BCUT2D eigenvalue weighted by molar-refractivity contribution is 6.30. The van der Waals surface area contributed by atoms with Gasteiger partial charge in [-0.25, -0.2) is 4.98 Å². The Bertz CT molecular complexity index is 853. The van der Waals surface area contributed by atoms with E-state index in [-0.39, 0.29) is 6.04 Å². The Kier molecular flexibility index (Phi) is 5.31. The van der Waals surface area contributed by atoms with Gasteiger partial charge in [0.25, 0.3) is 0 Å². The van der Waals surface area contributed by atoms with Gasteiger partial charge >= 0.3 is 0 Å². The fraction of sp³-hybridized carbons (Fsp3) is 0.429. The third-order valence-electron chi connectivity index (χ3n) is 5.61. The lowest BCUT2D eigenvalue weighted by atomic mass is 9.95. The molecule has 0 unspecified atom stereocenters. The van der Waals surface area contributed by atoms with Crippen molar-refractivity contribution in [3.05, 3.63) is 57.7 Å². The van der Waals surface area contributed by atoms with Crippen molar-refractivity contribution < 1.29 is 0 Å². The number of fused-ring (bicyclic) bond motifs is 1. The predicted octanol–water partition coefficient (Wildman–Crippen LogP) is 3.09. The normalized spacial score (nSPS) is 18.2. The molecular weight excluding hydrogens is 358 g/mol. The Morgan fingerprint density at radius 1 is 1.15 bits per heavy atom. The molecule has 1 aromatic carbocycles. The average Bonchev–Trinajstić information content (AvgIpc) is 2.69. The highest BCUT2D eigenvalue weighted by Gasteiger charge is 2.28. The van der Waals surface area contributed by atoms with E-state index >= 15 is 0 Å². The summed E-state index contributed by atoms with van der Waals surface area (Å²) in [6.45, 7) is 4.36. The minimum Gasteiger partial charge on any atom is -0.356 e. The fourth-order valence-electron chi connectivity index (χ4n) is 4.10. The molecule has 140 valence electrons. The molecule has 0 atom stereocenters. The summed E-state index contributed by atoms with van der Waals surface area (Å²) in [4.78, 5) is 9.30. The number of nitriles is 1. The van der Waals surface area contributed by atoms with E-state index in [1.807, 2.05) is 6.07 Å². The Hall–Kier alpha value is -2.13. The molecule has 2 aliphatic rings. The van der Waals surface area contributed by atoms with E-state index < -0.39 is 0 Å². The van der Waals surface area contributed by atoms with Crippen LogP contribution in [0.1, 0.15) is 35.1 Å². The van der Waals surface area contributed by atoms with Crippen LogP contribution in [0.25, 0.3) is 0 Å². The quantitative estimate of drug-likeness (QED) is 0.827. The number of piperidine rings is 1. The van der Waals surface area contributed by atoms with Crippen LogP contribution in [0.15, 0.2) is 30.3 Å². The van der Waals surface area contributed by atoms with E-state index in [1.54, 1.807) is 0 Å². The number of nitrogens with two attached hydrogens (primary N) is 1. The van der Waals surface area contributed by atoms with Gasteiger partial charge in [-0.15, -0.1) is 0 Å². The SMILES string of the molecule is N#Cc1c(Cl)nc(N2CCC(N)CC2)c2c1CN(Cc1ccccc1)CC2. The van der Waals surface area contributed by atoms with Gasteiger partial charge < -0.3 is 10.6 Å². The molecule has 2 aliphatic heterocycles. The number of rotatable bonds is 3. The number of nitrogens with zero attached hydrogens (tertiary/aromatic N) is 4. The third kappa shape index (κ3) is 3.79. The molecule has 0 saturated carbocycles. The van der Waals surface area contributed by atoms with Crippen molar-refractivity contribution in [2.75, 3.05) is 24.5 Å². The molecule has 27 heavy (non-hydrogen) atoms. The maximum Gasteiger partial charge on any atom is 0.149 e. The molecule has 4 rings (SSSR count). The second-order valence-electron chi connectivity index (χ2n) is 7.44. The first-order valence-electron chi connectivity index (χ1n) is 9.54. The van der Waals surface area contributed by atoms with Crippen molar-refractivity contribution in [1.29, 1.82) is 5.26 Å². The van der Waals surface area contributed by atoms with Gasteiger partial charge in [-0.3, -0.25) is 4.90 Å². The highest BCUT2D eigenvalue weighted by Crippen LogP contribution is 2.34. The van der Waals surface area contributed by atoms with Gasteiger partial charge in [0.05, 0.1) is 5.56 Å². The van der Waals surface area contributed by atoms with E-state index in [2.05, 4.69) is 45.1 Å². The molecule has 5 nitrogen and oxygen atoms in total. The highest BCUT2D eigenvalue weighted by atomic mass is 35.5. The summed E-state index contributed by atoms with van der Waals surface area (Å²) < 4.78 is 0. The topological polar surface area (TPSA) is 69.2 Å². The first-order chi connectivity index (χ1) is 13.2. The monoisotopic (exact) mass is 381 g/mol. The van der Waals surface area contributed by atoms with Crippen LogP contribution in [0.4, 0.5) is 5.82 Å². The van der Waals surface area contributed by atoms with Crippen molar-refractivity contribution in [1.82, 2.24) is 9.88 Å². The average molecular weight is 382 g/mol. The Morgan fingerprint density at radius 2 is 1.89 bits per heavy atom. The first-order valence-corrected chi connectivity index (χ1v) is 9.91. The summed E-state index contributed by atoms with van der Waals surface area (Å²) >= 11 is 6.42. The van der Waals surface area contributed by atoms with Gasteiger partial charge in [-0.1, -0.05) is 41.9 Å². The van der Waals surface area contributed by atoms with Crippen molar-refractivity contribution in [3.63, 3.8) is 0 Å². The predicted molar refractivity (Wildman–Crippen MR) is 108 cm³/mol. The molecule has 1 saturated heterocycles. The molecule has 3 heterocycles. The molecule has 2 aromatic rings. The van der Waals surface area contributed by atoms with Crippen molar-refractivity contribution >= 4 is 17.4 Å². The van der Waals surface area contributed by atoms with Crippen LogP contribution in [-0.4, -0.2) is 35.6 Å². The van der Waals surface area contributed by atoms with Crippen LogP contribution in [0.5, 0.6) is 0 Å². The number of anilines is 1. The second kappa shape index (κ2) is 7.85. The molecule has 1 fully saturated rings. The smallest absolute Gasteiger partial charge is 0.149 e. The number of hydrogen-bond donors (Lipinski definition) is 1. The lowest BCUT2D eigenvalue weighted by molar-refractivity contribution is 0.245. The zero-order valence-corrected chi connectivity index (χ0v) is 16.1. The van der Waals surface area contributed by atoms with E-state index in [0.717, 1.165) is 63.4 Å². The number of aromatic nitrogens is 1. The molecule has 0 spiro atoms. The van der Waals surface area contributed by atoms with Crippen molar-refractivity contribution in [2.24, 2.45) is 5.73 Å². The van der Waals surface area contributed by atoms with Gasteiger partial charge in [0, 0.05) is 44.3 Å². The summed E-state index contributed by atoms with van der Waals surface area (Å²) in [5.74, 6) is 0.959. The van der Waals surface area contributed by atoms with Gasteiger partial charge in [0.2, 0.25) is 0 Å². The fourth-order valence-corrected chi connectivity index (χ4v) is 4.34. The standard InChI is InChI=1S/C21H24ClN5/c22-20-18(12-23)19-14-26(13-15-4-2-1-3-5-15)9-8-17(19)21(25-20)27-10-6-16(24)7-11-27/h1-5,16H,6-11,13-14,24H2. The van der Waals surface area contributed by atoms with Crippen LogP contribution >= 0.6 is 11.6 Å². The molecule has 6 heteroatoms. The van der Waals surface area contributed by atoms with Crippen molar-refractivity contribution in [2.45, 2.75) is 38.4 Å². The largest absolute Gasteiger partial charge is 0.356 e. The molecule has 0 radical (unpaired) electrons. The zero-order chi connectivity index (χ0) is 18.8. The van der Waals surface area contributed by atoms with Gasteiger partial charge in [-0.05, 0) is 30.4 Å². The Balaban J connectivity index is 1.64. The maximum absolute atomic E-state index is 9.66. The number of halogens is 1. The summed E-state index contributed by atoms with van der Waals surface area (Å²) in [6.07, 6.45) is 2.82. The van der Waals surface area contributed by atoms with E-state index in [0.29, 0.717) is 10.7 Å². The van der Waals surface area contributed by atoms with Gasteiger partial charge in [0.15, 0.2) is 0 Å². The second-order valence-corrected chi connectivity index (χ2v) is 7.80. The van der Waals surface area contributed by atoms with Crippen LogP contribution in [0.3, 0.4) is 0 Å². The number of pyridine rings is 1. The third-order valence-corrected chi connectivity index (χ3v) is 5.88. The van der Waals surface area contributed by atoms with Gasteiger partial charge in [-0.2, -0.15) is 5.26 Å². The Labute approximate surface area is 165 Å². The Morgan fingerprint density at radius 3 is 2.59 bits per heavy atom. The van der Waals surface area contributed by atoms with Crippen LogP contribution in [0, 0.1) is 11.3 Å². The summed E-state index contributed by atoms with van der Waals surface area (Å²) in [7, 11) is 0. The minimum absolute atomic E-state index is 0.271. The zero-order valence-electron chi connectivity index (χ0n) is 15.4. The van der Waals surface area contributed by atoms with Crippen LogP contribution in [-0.2, 0) is 19.5 Å². The summed E-state index contributed by atoms with van der Waals surface area (Å²) in [5, 5.41) is 9.99. The molecule has 0 aliphatic carbocycles. The molecule has 2 N–H and O–H groups in total. The van der Waals surface area contributed by atoms with E-state index in [1.165, 1.54) is 11.1 Å². The van der Waals surface area contributed by atoms with E-state index in [9.17, 15) is 5.26 Å². The number of benzene rings is 1. The molecule has 0 bridgehead atoms. The molecule has 1 aromatic heterocycles. The molecule has 0 amide bonds. The number of hydrogen-bond acceptors (Lipinski definition) is 5. The maximum atomic E-state index is 9.66. The van der Waals surface area contributed by atoms with Crippen molar-refractivity contribution in [3.8, 4) is 6.07 Å². The van der Waals surface area contributed by atoms with E-state index in [4.69, 9.17) is 17.3 Å². The van der Waals surface area contributed by atoms with Gasteiger partial charge in [0.1, 0.15) is 17.0 Å².